The molecular weight excluding hydrogens is 350 g/mol. The van der Waals surface area contributed by atoms with Crippen LogP contribution in [0.25, 0.3) is 0 Å². The summed E-state index contributed by atoms with van der Waals surface area (Å²) in [6, 6.07) is 7.36. The summed E-state index contributed by atoms with van der Waals surface area (Å²) in [6.07, 6.45) is 4.16. The van der Waals surface area contributed by atoms with Crippen LogP contribution in [-0.4, -0.2) is 36.5 Å². The molecule has 0 saturated heterocycles. The molecule has 1 aromatic carbocycles. The Morgan fingerprint density at radius 1 is 1.15 bits per heavy atom. The number of nitrogens with one attached hydrogen (secondary N) is 3. The van der Waals surface area contributed by atoms with Crippen LogP contribution >= 0.6 is 11.6 Å². The van der Waals surface area contributed by atoms with E-state index in [-0.39, 0.29) is 17.4 Å². The Bertz CT molecular complexity index is 620. The lowest BCUT2D eigenvalue weighted by molar-refractivity contribution is -0.121. The highest BCUT2D eigenvalue weighted by Crippen LogP contribution is 2.23. The highest BCUT2D eigenvalue weighted by Gasteiger charge is 2.22. The molecule has 2 rings (SSSR count). The number of carbonyl (C=O) groups excluding carboxylic acids is 2. The van der Waals surface area contributed by atoms with Crippen LogP contribution in [0, 0.1) is 5.92 Å². The van der Waals surface area contributed by atoms with Crippen molar-refractivity contribution in [2.75, 3.05) is 13.1 Å². The number of halogens is 1. The molecule has 0 radical (unpaired) electrons. The van der Waals surface area contributed by atoms with Gasteiger partial charge in [0.25, 0.3) is 5.91 Å². The zero-order chi connectivity index (χ0) is 19.2. The van der Waals surface area contributed by atoms with E-state index in [0.717, 1.165) is 25.7 Å². The molecule has 0 unspecified atom stereocenters. The van der Waals surface area contributed by atoms with Crippen molar-refractivity contribution in [3.63, 3.8) is 0 Å². The number of hydrogen-bond acceptors (Lipinski definition) is 3. The fraction of sp³-hybridized carbons (Fsp3) is 0.600. The molecule has 1 saturated carbocycles. The summed E-state index contributed by atoms with van der Waals surface area (Å²) in [5, 5.41) is 9.88. The average Bonchev–Trinajstić information content (AvgIpc) is 2.57. The molecule has 0 heterocycles. The Hall–Kier alpha value is -1.59. The fourth-order valence-electron chi connectivity index (χ4n) is 3.24. The van der Waals surface area contributed by atoms with E-state index in [0.29, 0.717) is 35.6 Å². The minimum absolute atomic E-state index is 0.0356. The Balaban J connectivity index is 1.65. The zero-order valence-corrected chi connectivity index (χ0v) is 16.7. The molecule has 5 nitrogen and oxygen atoms in total. The highest BCUT2D eigenvalue weighted by molar-refractivity contribution is 6.30. The van der Waals surface area contributed by atoms with Gasteiger partial charge in [0.05, 0.1) is 6.54 Å². The second-order valence-electron chi connectivity index (χ2n) is 8.12. The molecule has 3 N–H and O–H groups in total. The number of hydrogen-bond donors (Lipinski definition) is 3. The Kier molecular flexibility index (Phi) is 7.47. The van der Waals surface area contributed by atoms with E-state index < -0.39 is 0 Å². The number of rotatable bonds is 6. The quantitative estimate of drug-likeness (QED) is 0.711. The standard InChI is InChI=1S/C20H30ClN3O2/c1-20(2,3)24-18(25)13-22-17-9-7-14(8-10-17)12-23-19(26)15-5-4-6-16(21)11-15/h4-6,11,14,17,22H,7-10,12-13H2,1-3H3,(H,23,26)(H,24,25)/t14-,17-. The lowest BCUT2D eigenvalue weighted by Crippen LogP contribution is -2.47. The second-order valence-corrected chi connectivity index (χ2v) is 8.55. The van der Waals surface area contributed by atoms with Crippen molar-refractivity contribution in [3.8, 4) is 0 Å². The lowest BCUT2D eigenvalue weighted by atomic mass is 9.86. The van der Waals surface area contributed by atoms with Gasteiger partial charge in [0, 0.05) is 28.7 Å². The largest absolute Gasteiger partial charge is 0.352 e. The summed E-state index contributed by atoms with van der Waals surface area (Å²) in [5.74, 6) is 0.444. The van der Waals surface area contributed by atoms with Gasteiger partial charge in [0.2, 0.25) is 5.91 Å². The first-order chi connectivity index (χ1) is 12.2. The molecular formula is C20H30ClN3O2. The van der Waals surface area contributed by atoms with E-state index in [9.17, 15) is 9.59 Å². The highest BCUT2D eigenvalue weighted by atomic mass is 35.5. The van der Waals surface area contributed by atoms with Crippen LogP contribution in [0.3, 0.4) is 0 Å². The topological polar surface area (TPSA) is 70.2 Å². The van der Waals surface area contributed by atoms with Crippen LogP contribution in [0.1, 0.15) is 56.8 Å². The molecule has 0 aliphatic heterocycles. The third kappa shape index (κ3) is 7.34. The normalized spacial score (nSPS) is 20.5. The second kappa shape index (κ2) is 9.38. The van der Waals surface area contributed by atoms with E-state index in [1.807, 2.05) is 20.8 Å². The molecule has 1 aromatic rings. The number of carbonyl (C=O) groups is 2. The molecule has 0 bridgehead atoms. The lowest BCUT2D eigenvalue weighted by Gasteiger charge is -2.29. The molecule has 0 spiro atoms. The molecule has 2 amide bonds. The van der Waals surface area contributed by atoms with Gasteiger partial charge in [-0.3, -0.25) is 9.59 Å². The van der Waals surface area contributed by atoms with Gasteiger partial charge < -0.3 is 16.0 Å². The minimum Gasteiger partial charge on any atom is -0.352 e. The Morgan fingerprint density at radius 3 is 2.46 bits per heavy atom. The van der Waals surface area contributed by atoms with E-state index in [1.54, 1.807) is 24.3 Å². The van der Waals surface area contributed by atoms with Crippen molar-refractivity contribution in [2.45, 2.75) is 58.0 Å². The first-order valence-corrected chi connectivity index (χ1v) is 9.69. The maximum atomic E-state index is 12.2. The van der Waals surface area contributed by atoms with Gasteiger partial charge in [0.15, 0.2) is 0 Å². The summed E-state index contributed by atoms with van der Waals surface area (Å²) in [7, 11) is 0. The van der Waals surface area contributed by atoms with Crippen LogP contribution in [-0.2, 0) is 4.79 Å². The summed E-state index contributed by atoms with van der Waals surface area (Å²) in [5.41, 5.74) is 0.398. The molecule has 144 valence electrons. The molecule has 1 aliphatic carbocycles. The third-order valence-electron chi connectivity index (χ3n) is 4.55. The molecule has 1 aliphatic rings. The van der Waals surface area contributed by atoms with E-state index in [1.165, 1.54) is 0 Å². The smallest absolute Gasteiger partial charge is 0.251 e. The molecule has 0 atom stereocenters. The van der Waals surface area contributed by atoms with Gasteiger partial charge >= 0.3 is 0 Å². The van der Waals surface area contributed by atoms with Crippen molar-refractivity contribution in [3.05, 3.63) is 34.9 Å². The third-order valence-corrected chi connectivity index (χ3v) is 4.79. The monoisotopic (exact) mass is 379 g/mol. The molecule has 26 heavy (non-hydrogen) atoms. The first kappa shape index (κ1) is 20.7. The van der Waals surface area contributed by atoms with Crippen molar-refractivity contribution < 1.29 is 9.59 Å². The summed E-state index contributed by atoms with van der Waals surface area (Å²) in [6.45, 7) is 6.98. The van der Waals surface area contributed by atoms with Gasteiger partial charge in [-0.25, -0.2) is 0 Å². The van der Waals surface area contributed by atoms with Crippen molar-refractivity contribution in [2.24, 2.45) is 5.92 Å². The maximum absolute atomic E-state index is 12.2. The Labute approximate surface area is 161 Å². The van der Waals surface area contributed by atoms with Gasteiger partial charge in [-0.05, 0) is 70.6 Å². The van der Waals surface area contributed by atoms with E-state index in [4.69, 9.17) is 11.6 Å². The van der Waals surface area contributed by atoms with Crippen LogP contribution in [0.4, 0.5) is 0 Å². The maximum Gasteiger partial charge on any atom is 0.251 e. The summed E-state index contributed by atoms with van der Waals surface area (Å²) >= 11 is 5.93. The fourth-order valence-corrected chi connectivity index (χ4v) is 3.43. The van der Waals surface area contributed by atoms with Gasteiger partial charge in [-0.15, -0.1) is 0 Å². The van der Waals surface area contributed by atoms with Gasteiger partial charge in [-0.1, -0.05) is 17.7 Å². The van der Waals surface area contributed by atoms with Gasteiger partial charge in [-0.2, -0.15) is 0 Å². The van der Waals surface area contributed by atoms with Crippen molar-refractivity contribution >= 4 is 23.4 Å². The number of amides is 2. The molecule has 0 aromatic heterocycles. The van der Waals surface area contributed by atoms with Gasteiger partial charge in [0.1, 0.15) is 0 Å². The predicted octanol–water partition coefficient (Wildman–Crippen LogP) is 3.13. The number of benzene rings is 1. The molecule has 1 fully saturated rings. The van der Waals surface area contributed by atoms with Crippen molar-refractivity contribution in [1.29, 1.82) is 0 Å². The van der Waals surface area contributed by atoms with Crippen LogP contribution in [0.5, 0.6) is 0 Å². The van der Waals surface area contributed by atoms with Crippen LogP contribution < -0.4 is 16.0 Å². The van der Waals surface area contributed by atoms with E-state index in [2.05, 4.69) is 16.0 Å². The predicted molar refractivity (Wildman–Crippen MR) is 105 cm³/mol. The first-order valence-electron chi connectivity index (χ1n) is 9.31. The summed E-state index contributed by atoms with van der Waals surface area (Å²) < 4.78 is 0. The van der Waals surface area contributed by atoms with E-state index >= 15 is 0 Å². The summed E-state index contributed by atoms with van der Waals surface area (Å²) in [4.78, 5) is 24.0. The van der Waals surface area contributed by atoms with Crippen LogP contribution in [0.15, 0.2) is 24.3 Å². The Morgan fingerprint density at radius 2 is 1.85 bits per heavy atom. The molecule has 6 heteroatoms. The van der Waals surface area contributed by atoms with Crippen LogP contribution in [0.2, 0.25) is 5.02 Å². The SMILES string of the molecule is CC(C)(C)NC(=O)CN[C@H]1CC[C@H](CNC(=O)c2cccc(Cl)c2)CC1. The zero-order valence-electron chi connectivity index (χ0n) is 15.9. The minimum atomic E-state index is -0.197. The average molecular weight is 380 g/mol. The van der Waals surface area contributed by atoms with Crippen molar-refractivity contribution in [1.82, 2.24) is 16.0 Å².